The van der Waals surface area contributed by atoms with E-state index < -0.39 is 0 Å². The van der Waals surface area contributed by atoms with Gasteiger partial charge in [-0.2, -0.15) is 5.10 Å². The molecule has 22 heavy (non-hydrogen) atoms. The van der Waals surface area contributed by atoms with E-state index >= 15 is 0 Å². The summed E-state index contributed by atoms with van der Waals surface area (Å²) in [6.07, 6.45) is 5.45. The van der Waals surface area contributed by atoms with Gasteiger partial charge in [-0.15, -0.1) is 0 Å². The number of piperidine rings is 1. The number of rotatable bonds is 4. The minimum absolute atomic E-state index is 0.0132. The fraction of sp³-hybridized carbons (Fsp3) is 0.438. The van der Waals surface area contributed by atoms with Crippen molar-refractivity contribution < 1.29 is 9.53 Å². The van der Waals surface area contributed by atoms with Crippen LogP contribution in [0.4, 0.5) is 0 Å². The van der Waals surface area contributed by atoms with Crippen molar-refractivity contribution in [1.82, 2.24) is 20.1 Å². The summed E-state index contributed by atoms with van der Waals surface area (Å²) >= 11 is 0. The molecule has 116 valence electrons. The van der Waals surface area contributed by atoms with Crippen molar-refractivity contribution in [3.8, 4) is 5.88 Å². The van der Waals surface area contributed by atoms with Crippen LogP contribution in [0.2, 0.25) is 0 Å². The van der Waals surface area contributed by atoms with Gasteiger partial charge in [-0.05, 0) is 38.0 Å². The van der Waals surface area contributed by atoms with Gasteiger partial charge in [0.25, 0.3) is 5.91 Å². The Morgan fingerprint density at radius 3 is 3.14 bits per heavy atom. The second-order valence-corrected chi connectivity index (χ2v) is 5.39. The standard InChI is InChI=1S/C16H20N4O2/c1-2-22-15-13(6-3-8-17-15)16(21)20-10-4-5-12(11-20)14-7-9-18-19-14/h3,6-9,12H,2,4-5,10-11H2,1H3,(H,18,19). The highest BCUT2D eigenvalue weighted by Gasteiger charge is 2.27. The lowest BCUT2D eigenvalue weighted by molar-refractivity contribution is 0.0700. The first-order valence-corrected chi connectivity index (χ1v) is 7.66. The third-order valence-corrected chi connectivity index (χ3v) is 3.95. The lowest BCUT2D eigenvalue weighted by Crippen LogP contribution is -2.39. The van der Waals surface area contributed by atoms with Gasteiger partial charge in [0.2, 0.25) is 5.88 Å². The highest BCUT2D eigenvalue weighted by Crippen LogP contribution is 2.27. The fourth-order valence-corrected chi connectivity index (χ4v) is 2.89. The number of carbonyl (C=O) groups is 1. The monoisotopic (exact) mass is 300 g/mol. The predicted molar refractivity (Wildman–Crippen MR) is 81.9 cm³/mol. The average molecular weight is 300 g/mol. The largest absolute Gasteiger partial charge is 0.477 e. The van der Waals surface area contributed by atoms with Crippen molar-refractivity contribution in [3.05, 3.63) is 41.9 Å². The number of pyridine rings is 1. The average Bonchev–Trinajstić information content (AvgIpc) is 3.10. The van der Waals surface area contributed by atoms with E-state index in [-0.39, 0.29) is 5.91 Å². The lowest BCUT2D eigenvalue weighted by atomic mass is 9.94. The smallest absolute Gasteiger partial charge is 0.259 e. The molecule has 3 heterocycles. The van der Waals surface area contributed by atoms with Crippen molar-refractivity contribution in [1.29, 1.82) is 0 Å². The summed E-state index contributed by atoms with van der Waals surface area (Å²) in [6.45, 7) is 3.84. The summed E-state index contributed by atoms with van der Waals surface area (Å²) in [5.74, 6) is 0.715. The topological polar surface area (TPSA) is 71.1 Å². The van der Waals surface area contributed by atoms with Crippen LogP contribution in [0.5, 0.6) is 5.88 Å². The van der Waals surface area contributed by atoms with Gasteiger partial charge in [0.1, 0.15) is 5.56 Å². The van der Waals surface area contributed by atoms with E-state index in [1.165, 1.54) is 0 Å². The fourth-order valence-electron chi connectivity index (χ4n) is 2.89. The van der Waals surface area contributed by atoms with Gasteiger partial charge in [-0.1, -0.05) is 0 Å². The molecule has 1 saturated heterocycles. The summed E-state index contributed by atoms with van der Waals surface area (Å²) in [5.41, 5.74) is 1.63. The second-order valence-electron chi connectivity index (χ2n) is 5.39. The summed E-state index contributed by atoms with van der Waals surface area (Å²) in [4.78, 5) is 18.8. The van der Waals surface area contributed by atoms with Crippen molar-refractivity contribution in [3.63, 3.8) is 0 Å². The number of hydrogen-bond donors (Lipinski definition) is 1. The number of ether oxygens (including phenoxy) is 1. The van der Waals surface area contributed by atoms with Gasteiger partial charge in [0, 0.05) is 37.1 Å². The molecule has 6 nitrogen and oxygen atoms in total. The van der Waals surface area contributed by atoms with Gasteiger partial charge < -0.3 is 9.64 Å². The molecule has 1 atom stereocenters. The van der Waals surface area contributed by atoms with E-state index in [4.69, 9.17) is 4.74 Å². The Balaban J connectivity index is 1.77. The van der Waals surface area contributed by atoms with Crippen LogP contribution in [0.3, 0.4) is 0 Å². The van der Waals surface area contributed by atoms with Gasteiger partial charge in [0.05, 0.1) is 6.61 Å². The normalized spacial score (nSPS) is 18.2. The Morgan fingerprint density at radius 1 is 1.45 bits per heavy atom. The number of aromatic nitrogens is 3. The molecular formula is C16H20N4O2. The molecule has 0 saturated carbocycles. The van der Waals surface area contributed by atoms with Gasteiger partial charge >= 0.3 is 0 Å². The van der Waals surface area contributed by atoms with Crippen LogP contribution in [-0.2, 0) is 0 Å². The number of amides is 1. The Bertz CT molecular complexity index is 627. The van der Waals surface area contributed by atoms with Gasteiger partial charge in [-0.3, -0.25) is 9.89 Å². The Hall–Kier alpha value is -2.37. The molecule has 0 bridgehead atoms. The Kier molecular flexibility index (Phi) is 4.37. The van der Waals surface area contributed by atoms with E-state index in [2.05, 4.69) is 15.2 Å². The number of hydrogen-bond acceptors (Lipinski definition) is 4. The Labute approximate surface area is 129 Å². The zero-order chi connectivity index (χ0) is 15.4. The highest BCUT2D eigenvalue weighted by molar-refractivity contribution is 5.96. The van der Waals surface area contributed by atoms with E-state index in [1.807, 2.05) is 17.9 Å². The second kappa shape index (κ2) is 6.60. The first kappa shape index (κ1) is 14.6. The van der Waals surface area contributed by atoms with Crippen molar-refractivity contribution in [2.24, 2.45) is 0 Å². The molecule has 1 aliphatic heterocycles. The first-order valence-electron chi connectivity index (χ1n) is 7.66. The molecule has 0 radical (unpaired) electrons. The van der Waals surface area contributed by atoms with Crippen LogP contribution in [0.1, 0.15) is 41.7 Å². The molecule has 2 aromatic heterocycles. The minimum Gasteiger partial charge on any atom is -0.477 e. The third-order valence-electron chi connectivity index (χ3n) is 3.95. The van der Waals surface area contributed by atoms with Crippen molar-refractivity contribution in [2.75, 3.05) is 19.7 Å². The van der Waals surface area contributed by atoms with Crippen LogP contribution in [0.15, 0.2) is 30.6 Å². The van der Waals surface area contributed by atoms with Gasteiger partial charge in [-0.25, -0.2) is 4.98 Å². The van der Waals surface area contributed by atoms with Crippen LogP contribution in [0.25, 0.3) is 0 Å². The number of carbonyl (C=O) groups excluding carboxylic acids is 1. The van der Waals surface area contributed by atoms with E-state index in [0.29, 0.717) is 30.5 Å². The maximum absolute atomic E-state index is 12.8. The Morgan fingerprint density at radius 2 is 2.36 bits per heavy atom. The molecule has 2 aromatic rings. The molecule has 1 amide bonds. The van der Waals surface area contributed by atoms with Gasteiger partial charge in [0.15, 0.2) is 0 Å². The number of nitrogens with one attached hydrogen (secondary N) is 1. The predicted octanol–water partition coefficient (Wildman–Crippen LogP) is 2.22. The molecule has 1 aliphatic rings. The van der Waals surface area contributed by atoms with Crippen LogP contribution in [0, 0.1) is 0 Å². The molecule has 0 aromatic carbocycles. The molecule has 6 heteroatoms. The number of aromatic amines is 1. The molecular weight excluding hydrogens is 280 g/mol. The van der Waals surface area contributed by atoms with Crippen molar-refractivity contribution in [2.45, 2.75) is 25.7 Å². The zero-order valence-corrected chi connectivity index (χ0v) is 12.7. The molecule has 1 unspecified atom stereocenters. The SMILES string of the molecule is CCOc1ncccc1C(=O)N1CCCC(c2ccn[nH]2)C1. The highest BCUT2D eigenvalue weighted by atomic mass is 16.5. The van der Waals surface area contributed by atoms with E-state index in [1.54, 1.807) is 24.5 Å². The number of nitrogens with zero attached hydrogens (tertiary/aromatic N) is 3. The molecule has 1 fully saturated rings. The summed E-state index contributed by atoms with van der Waals surface area (Å²) in [7, 11) is 0. The summed E-state index contributed by atoms with van der Waals surface area (Å²) in [6, 6.07) is 5.53. The lowest BCUT2D eigenvalue weighted by Gasteiger charge is -2.32. The summed E-state index contributed by atoms with van der Waals surface area (Å²) in [5, 5.41) is 7.02. The summed E-state index contributed by atoms with van der Waals surface area (Å²) < 4.78 is 5.47. The quantitative estimate of drug-likeness (QED) is 0.940. The number of likely N-dealkylation sites (tertiary alicyclic amines) is 1. The first-order chi connectivity index (χ1) is 10.8. The molecule has 3 rings (SSSR count). The van der Waals surface area contributed by atoms with Crippen LogP contribution >= 0.6 is 0 Å². The van der Waals surface area contributed by atoms with E-state index in [0.717, 1.165) is 25.1 Å². The number of H-pyrrole nitrogens is 1. The third kappa shape index (κ3) is 2.95. The molecule has 0 spiro atoms. The molecule has 0 aliphatic carbocycles. The zero-order valence-electron chi connectivity index (χ0n) is 12.7. The van der Waals surface area contributed by atoms with E-state index in [9.17, 15) is 4.79 Å². The van der Waals surface area contributed by atoms with Crippen molar-refractivity contribution >= 4 is 5.91 Å². The minimum atomic E-state index is -0.0132. The molecule has 1 N–H and O–H groups in total. The maximum Gasteiger partial charge on any atom is 0.259 e. The van der Waals surface area contributed by atoms with Crippen LogP contribution < -0.4 is 4.74 Å². The van der Waals surface area contributed by atoms with Crippen LogP contribution in [-0.4, -0.2) is 45.7 Å². The maximum atomic E-state index is 12.8.